The lowest BCUT2D eigenvalue weighted by atomic mass is 10.2. The summed E-state index contributed by atoms with van der Waals surface area (Å²) < 4.78 is 0. The van der Waals surface area contributed by atoms with Crippen molar-refractivity contribution < 1.29 is 90.0 Å². The molecule has 12 N–H and O–H groups in total. The number of rotatable bonds is 9. The maximum Gasteiger partial charge on any atom is 0.335 e. The molecule has 0 fully saturated rings. The largest absolute Gasteiger partial charge is 0.479 e. The van der Waals surface area contributed by atoms with E-state index in [1.54, 1.807) is 0 Å². The molecule has 174 valence electrons. The van der Waals surface area contributed by atoms with Crippen LogP contribution >= 0.6 is 0 Å². The van der Waals surface area contributed by atoms with Crippen molar-refractivity contribution in [3.05, 3.63) is 0 Å². The van der Waals surface area contributed by atoms with Gasteiger partial charge in [-0.1, -0.05) is 0 Å². The first kappa shape index (κ1) is 31.3. The highest BCUT2D eigenvalue weighted by Crippen LogP contribution is 1.94. The second-order valence-corrected chi connectivity index (χ2v) is 4.70. The molecule has 0 rings (SSSR count). The quantitative estimate of drug-likeness (QED) is 0.155. The third kappa shape index (κ3) is 12.9. The normalized spacial score (nSPS) is 15.8. The number of carboxylic acids is 6. The number of aliphatic hydroxyl groups is 6. The molecule has 0 amide bonds. The molecule has 0 aromatic heterocycles. The molecule has 0 aromatic carbocycles. The SMILES string of the molecule is O=C(O)C(O)C(O)C(=O)O.O=C(O)[C@H](O)[C@@H](O)C(=O)O.O=C(O)[C@H](O)[C@@H](O)C(=O)O. The molecule has 6 atom stereocenters. The lowest BCUT2D eigenvalue weighted by molar-refractivity contribution is -0.165. The van der Waals surface area contributed by atoms with Gasteiger partial charge in [-0.3, -0.25) is 0 Å². The monoisotopic (exact) mass is 450 g/mol. The van der Waals surface area contributed by atoms with Crippen molar-refractivity contribution in [3.8, 4) is 0 Å². The van der Waals surface area contributed by atoms with Crippen LogP contribution in [0.25, 0.3) is 0 Å². The summed E-state index contributed by atoms with van der Waals surface area (Å²) in [4.78, 5) is 58.6. The molecule has 18 nitrogen and oxygen atoms in total. The van der Waals surface area contributed by atoms with Crippen molar-refractivity contribution in [2.75, 3.05) is 0 Å². The second kappa shape index (κ2) is 14.6. The van der Waals surface area contributed by atoms with Crippen molar-refractivity contribution >= 4 is 35.8 Å². The predicted octanol–water partition coefficient (Wildman–Crippen LogP) is -6.37. The number of carboxylic acid groups (broad SMARTS) is 6. The Kier molecular flexibility index (Phi) is 15.2. The van der Waals surface area contributed by atoms with Crippen LogP contribution in [0.1, 0.15) is 0 Å². The fourth-order valence-corrected chi connectivity index (χ4v) is 0.810. The van der Waals surface area contributed by atoms with Crippen molar-refractivity contribution in [2.45, 2.75) is 36.6 Å². The number of hydrogen-bond acceptors (Lipinski definition) is 12. The zero-order valence-corrected chi connectivity index (χ0v) is 14.3. The van der Waals surface area contributed by atoms with Gasteiger partial charge in [-0.15, -0.1) is 0 Å². The van der Waals surface area contributed by atoms with Gasteiger partial charge in [0.1, 0.15) is 0 Å². The third-order valence-electron chi connectivity index (χ3n) is 2.42. The average Bonchev–Trinajstić information content (AvgIpc) is 2.64. The van der Waals surface area contributed by atoms with Crippen LogP contribution in [0.15, 0.2) is 0 Å². The molecule has 0 saturated carbocycles. The summed E-state index contributed by atoms with van der Waals surface area (Å²) in [5, 5.41) is 97.6. The van der Waals surface area contributed by atoms with Gasteiger partial charge in [0, 0.05) is 0 Å². The van der Waals surface area contributed by atoms with Crippen LogP contribution in [0.3, 0.4) is 0 Å². The molecule has 0 spiro atoms. The van der Waals surface area contributed by atoms with E-state index in [1.165, 1.54) is 0 Å². The third-order valence-corrected chi connectivity index (χ3v) is 2.42. The number of aliphatic carboxylic acids is 6. The van der Waals surface area contributed by atoms with Crippen LogP contribution in [0.2, 0.25) is 0 Å². The lowest BCUT2D eigenvalue weighted by Gasteiger charge is -2.07. The predicted molar refractivity (Wildman–Crippen MR) is 81.9 cm³/mol. The molecule has 18 heteroatoms. The van der Waals surface area contributed by atoms with E-state index in [-0.39, 0.29) is 0 Å². The summed E-state index contributed by atoms with van der Waals surface area (Å²) in [6.45, 7) is 0. The van der Waals surface area contributed by atoms with E-state index in [0.29, 0.717) is 0 Å². The fraction of sp³-hybridized carbons (Fsp3) is 0.500. The Hall–Kier alpha value is -3.42. The highest BCUT2D eigenvalue weighted by molar-refractivity contribution is 5.84. The van der Waals surface area contributed by atoms with Gasteiger partial charge in [-0.2, -0.15) is 0 Å². The molecule has 0 aromatic rings. The van der Waals surface area contributed by atoms with Gasteiger partial charge in [0.2, 0.25) is 0 Å². The maximum absolute atomic E-state index is 9.77. The van der Waals surface area contributed by atoms with Crippen molar-refractivity contribution in [1.82, 2.24) is 0 Å². The highest BCUT2D eigenvalue weighted by atomic mass is 16.5. The standard InChI is InChI=1S/3C4H6O6/c3*5-1(3(7)8)2(6)4(9)10/h3*1-2,5-6H,(H,7,8)(H,9,10)/t2*1-,2-;/m11./s1. The van der Waals surface area contributed by atoms with Crippen LogP contribution in [-0.4, -0.2) is 134 Å². The molecular weight excluding hydrogens is 432 g/mol. The maximum atomic E-state index is 9.77. The van der Waals surface area contributed by atoms with Crippen LogP contribution in [0.4, 0.5) is 0 Å². The van der Waals surface area contributed by atoms with Crippen molar-refractivity contribution in [3.63, 3.8) is 0 Å². The average molecular weight is 450 g/mol. The van der Waals surface area contributed by atoms with Gasteiger partial charge >= 0.3 is 35.8 Å². The van der Waals surface area contributed by atoms with E-state index in [4.69, 9.17) is 61.3 Å². The van der Waals surface area contributed by atoms with Gasteiger partial charge < -0.3 is 61.3 Å². The first-order valence-electron chi connectivity index (χ1n) is 6.85. The van der Waals surface area contributed by atoms with E-state index in [0.717, 1.165) is 0 Å². The molecule has 0 aliphatic rings. The van der Waals surface area contributed by atoms with Gasteiger partial charge in [0.25, 0.3) is 0 Å². The Morgan fingerprint density at radius 2 is 0.367 bits per heavy atom. The summed E-state index contributed by atoms with van der Waals surface area (Å²) in [5.74, 6) is -10.6. The van der Waals surface area contributed by atoms with Gasteiger partial charge in [-0.05, 0) is 0 Å². The summed E-state index contributed by atoms with van der Waals surface area (Å²) in [5.41, 5.74) is 0. The Balaban J connectivity index is -0.000000364. The number of aliphatic hydroxyl groups excluding tert-OH is 6. The second-order valence-electron chi connectivity index (χ2n) is 4.70. The van der Waals surface area contributed by atoms with Gasteiger partial charge in [-0.25, -0.2) is 28.8 Å². The van der Waals surface area contributed by atoms with Crippen molar-refractivity contribution in [2.24, 2.45) is 0 Å². The highest BCUT2D eigenvalue weighted by Gasteiger charge is 2.30. The molecule has 0 bridgehead atoms. The van der Waals surface area contributed by atoms with E-state index in [9.17, 15) is 28.8 Å². The van der Waals surface area contributed by atoms with Crippen LogP contribution in [0, 0.1) is 0 Å². The summed E-state index contributed by atoms with van der Waals surface area (Å²) in [7, 11) is 0. The first-order chi connectivity index (χ1) is 13.4. The smallest absolute Gasteiger partial charge is 0.335 e. The van der Waals surface area contributed by atoms with Crippen molar-refractivity contribution in [1.29, 1.82) is 0 Å². The molecule has 0 aliphatic heterocycles. The van der Waals surface area contributed by atoms with Gasteiger partial charge in [0.05, 0.1) is 0 Å². The Labute approximate surface area is 163 Å². The minimum Gasteiger partial charge on any atom is -0.479 e. The zero-order valence-electron chi connectivity index (χ0n) is 14.3. The van der Waals surface area contributed by atoms with E-state index in [2.05, 4.69) is 0 Å². The summed E-state index contributed by atoms with van der Waals surface area (Å²) in [6, 6.07) is 0. The van der Waals surface area contributed by atoms with E-state index < -0.39 is 72.4 Å². The molecule has 0 aliphatic carbocycles. The first-order valence-corrected chi connectivity index (χ1v) is 6.85. The van der Waals surface area contributed by atoms with Crippen LogP contribution in [-0.2, 0) is 28.8 Å². The molecular formula is C12H18O18. The fourth-order valence-electron chi connectivity index (χ4n) is 0.810. The minimum absolute atomic E-state index is 1.77. The van der Waals surface area contributed by atoms with Crippen LogP contribution in [0.5, 0.6) is 0 Å². The Morgan fingerprint density at radius 3 is 0.400 bits per heavy atom. The topological polar surface area (TPSA) is 345 Å². The number of carbonyl (C=O) groups is 6. The molecule has 0 radical (unpaired) electrons. The molecule has 2 unspecified atom stereocenters. The molecule has 0 heterocycles. The van der Waals surface area contributed by atoms with E-state index in [1.807, 2.05) is 0 Å². The van der Waals surface area contributed by atoms with E-state index >= 15 is 0 Å². The zero-order chi connectivity index (χ0) is 24.9. The summed E-state index contributed by atoms with van der Waals surface area (Å²) in [6.07, 6.45) is -13.6. The number of hydrogen-bond donors (Lipinski definition) is 12. The van der Waals surface area contributed by atoms with Gasteiger partial charge in [0.15, 0.2) is 36.6 Å². The lowest BCUT2D eigenvalue weighted by Crippen LogP contribution is -2.39. The molecule has 0 saturated heterocycles. The van der Waals surface area contributed by atoms with Crippen LogP contribution < -0.4 is 0 Å². The Morgan fingerprint density at radius 1 is 0.300 bits per heavy atom. The minimum atomic E-state index is -2.27. The Bertz CT molecular complexity index is 487. The summed E-state index contributed by atoms with van der Waals surface area (Å²) >= 11 is 0. The molecule has 30 heavy (non-hydrogen) atoms.